The minimum absolute atomic E-state index is 0.0169. The van der Waals surface area contributed by atoms with E-state index in [4.69, 9.17) is 5.11 Å². The van der Waals surface area contributed by atoms with Crippen molar-refractivity contribution in [3.63, 3.8) is 0 Å². The zero-order valence-corrected chi connectivity index (χ0v) is 26.7. The molecule has 1 atom stereocenters. The zero-order chi connectivity index (χ0) is 32.9. The van der Waals surface area contributed by atoms with E-state index in [2.05, 4.69) is 15.5 Å². The van der Waals surface area contributed by atoms with Gasteiger partial charge in [0.05, 0.1) is 6.54 Å². The van der Waals surface area contributed by atoms with Crippen molar-refractivity contribution in [3.8, 4) is 5.75 Å². The summed E-state index contributed by atoms with van der Waals surface area (Å²) < 4.78 is 0. The lowest BCUT2D eigenvalue weighted by atomic mass is 9.99. The van der Waals surface area contributed by atoms with Gasteiger partial charge in [0.25, 0.3) is 0 Å². The number of rotatable bonds is 8. The number of fused-ring (bicyclic) bond motifs is 1. The van der Waals surface area contributed by atoms with Crippen molar-refractivity contribution < 1.29 is 29.4 Å². The van der Waals surface area contributed by atoms with Gasteiger partial charge in [0.1, 0.15) is 11.8 Å². The number of urea groups is 2. The third kappa shape index (κ3) is 7.96. The predicted octanol–water partition coefficient (Wildman–Crippen LogP) is 2.22. The lowest BCUT2D eigenvalue weighted by Crippen LogP contribution is -2.58. The maximum atomic E-state index is 13.9. The summed E-state index contributed by atoms with van der Waals surface area (Å²) >= 11 is 0. The Kier molecular flexibility index (Phi) is 10.1. The molecule has 2 aromatic carbocycles. The van der Waals surface area contributed by atoms with Crippen LogP contribution in [-0.4, -0.2) is 136 Å². The third-order valence-electron chi connectivity index (χ3n) is 10.1. The first-order valence-corrected chi connectivity index (χ1v) is 16.7. The van der Waals surface area contributed by atoms with Gasteiger partial charge in [-0.05, 0) is 55.0 Å². The van der Waals surface area contributed by atoms with Crippen molar-refractivity contribution in [3.05, 3.63) is 59.7 Å². The number of carboxylic acid groups (broad SMARTS) is 1. The molecule has 4 aliphatic heterocycles. The highest BCUT2D eigenvalue weighted by Crippen LogP contribution is 2.28. The summed E-state index contributed by atoms with van der Waals surface area (Å²) in [7, 11) is 0. The van der Waals surface area contributed by atoms with Crippen molar-refractivity contribution in [2.45, 2.75) is 56.8 Å². The molecule has 47 heavy (non-hydrogen) atoms. The molecule has 13 nitrogen and oxygen atoms in total. The first kappa shape index (κ1) is 32.6. The number of carbonyl (C=O) groups is 4. The van der Waals surface area contributed by atoms with Gasteiger partial charge in [-0.1, -0.05) is 30.3 Å². The van der Waals surface area contributed by atoms with E-state index in [0.29, 0.717) is 58.0 Å². The predicted molar refractivity (Wildman–Crippen MR) is 175 cm³/mol. The number of aliphatic carboxylic acids is 1. The van der Waals surface area contributed by atoms with Crippen molar-refractivity contribution in [1.82, 2.24) is 29.8 Å². The Hall–Kier alpha value is -4.36. The van der Waals surface area contributed by atoms with E-state index in [0.717, 1.165) is 55.8 Å². The SMILES string of the molecule is O=C(O)CN1CCN(C2CCN(C(=O)[C@@H](Cc3ccc(O)cc3)NC(=O)N3CCC(N4Cc5ccccc5NC4=O)CC3)CC2)CC1. The van der Waals surface area contributed by atoms with Crippen LogP contribution in [0, 0.1) is 0 Å². The number of aromatic hydroxyl groups is 1. The third-order valence-corrected chi connectivity index (χ3v) is 10.1. The van der Waals surface area contributed by atoms with Crippen LogP contribution in [0.3, 0.4) is 0 Å². The van der Waals surface area contributed by atoms with E-state index >= 15 is 0 Å². The van der Waals surface area contributed by atoms with Crippen LogP contribution >= 0.6 is 0 Å². The van der Waals surface area contributed by atoms with Crippen LogP contribution in [0.4, 0.5) is 15.3 Å². The molecule has 5 amide bonds. The maximum absolute atomic E-state index is 13.9. The Bertz CT molecular complexity index is 1430. The van der Waals surface area contributed by atoms with Crippen LogP contribution < -0.4 is 10.6 Å². The molecule has 4 heterocycles. The van der Waals surface area contributed by atoms with Crippen molar-refractivity contribution in [2.24, 2.45) is 0 Å². The summed E-state index contributed by atoms with van der Waals surface area (Å²) in [5, 5.41) is 24.9. The average molecular weight is 648 g/mol. The smallest absolute Gasteiger partial charge is 0.322 e. The van der Waals surface area contributed by atoms with Gasteiger partial charge in [0.2, 0.25) is 5.91 Å². The second kappa shape index (κ2) is 14.6. The Morgan fingerprint density at radius 3 is 2.15 bits per heavy atom. The van der Waals surface area contributed by atoms with Gasteiger partial charge in [-0.15, -0.1) is 0 Å². The number of nitrogens with zero attached hydrogens (tertiary/aromatic N) is 5. The topological polar surface area (TPSA) is 149 Å². The van der Waals surface area contributed by atoms with Crippen LogP contribution in [0.5, 0.6) is 5.75 Å². The normalized spacial score (nSPS) is 20.8. The largest absolute Gasteiger partial charge is 0.508 e. The second-order valence-corrected chi connectivity index (χ2v) is 13.1. The molecule has 0 radical (unpaired) electrons. The number of piperidine rings is 2. The molecule has 6 rings (SSSR count). The monoisotopic (exact) mass is 647 g/mol. The molecule has 0 bridgehead atoms. The molecule has 4 aliphatic rings. The molecule has 13 heteroatoms. The quantitative estimate of drug-likeness (QED) is 0.341. The Labute approximate surface area is 275 Å². The number of para-hydroxylation sites is 1. The number of phenols is 1. The highest BCUT2D eigenvalue weighted by molar-refractivity contribution is 5.92. The number of likely N-dealkylation sites (tertiary alicyclic amines) is 2. The highest BCUT2D eigenvalue weighted by atomic mass is 16.4. The van der Waals surface area contributed by atoms with E-state index in [-0.39, 0.29) is 36.3 Å². The van der Waals surface area contributed by atoms with E-state index in [1.807, 2.05) is 39.0 Å². The molecule has 4 N–H and O–H groups in total. The van der Waals surface area contributed by atoms with Crippen LogP contribution in [0.1, 0.15) is 36.8 Å². The van der Waals surface area contributed by atoms with E-state index < -0.39 is 12.0 Å². The summed E-state index contributed by atoms with van der Waals surface area (Å²) in [6, 6.07) is 13.7. The number of carboxylic acids is 1. The van der Waals surface area contributed by atoms with Gasteiger partial charge >= 0.3 is 18.0 Å². The minimum atomic E-state index is -0.804. The number of phenolic OH excluding ortho intramolecular Hbond substituents is 1. The van der Waals surface area contributed by atoms with Crippen molar-refractivity contribution in [2.75, 3.05) is 64.2 Å². The van der Waals surface area contributed by atoms with Crippen LogP contribution in [-0.2, 0) is 22.6 Å². The first-order valence-electron chi connectivity index (χ1n) is 16.7. The van der Waals surface area contributed by atoms with E-state index in [9.17, 15) is 24.3 Å². The number of amides is 5. The summed E-state index contributed by atoms with van der Waals surface area (Å²) in [4.78, 5) is 61.2. The molecule has 0 aliphatic carbocycles. The van der Waals surface area contributed by atoms with E-state index in [1.54, 1.807) is 29.2 Å². The number of nitrogens with one attached hydrogen (secondary N) is 2. The average Bonchev–Trinajstić information content (AvgIpc) is 3.08. The Morgan fingerprint density at radius 2 is 1.47 bits per heavy atom. The van der Waals surface area contributed by atoms with Gasteiger partial charge in [-0.2, -0.15) is 0 Å². The zero-order valence-electron chi connectivity index (χ0n) is 26.7. The van der Waals surface area contributed by atoms with Gasteiger partial charge in [0.15, 0.2) is 0 Å². The maximum Gasteiger partial charge on any atom is 0.322 e. The van der Waals surface area contributed by atoms with Crippen LogP contribution in [0.15, 0.2) is 48.5 Å². The second-order valence-electron chi connectivity index (χ2n) is 13.1. The number of anilines is 1. The molecule has 0 unspecified atom stereocenters. The first-order chi connectivity index (χ1) is 22.7. The van der Waals surface area contributed by atoms with Crippen LogP contribution in [0.25, 0.3) is 0 Å². The number of piperazine rings is 1. The summed E-state index contributed by atoms with van der Waals surface area (Å²) in [5.41, 5.74) is 2.76. The molecule has 3 fully saturated rings. The summed E-state index contributed by atoms with van der Waals surface area (Å²) in [5.74, 6) is -0.781. The number of hydrogen-bond acceptors (Lipinski definition) is 7. The van der Waals surface area contributed by atoms with Gasteiger partial charge < -0.3 is 35.5 Å². The fourth-order valence-corrected chi connectivity index (χ4v) is 7.36. The number of hydrogen-bond donors (Lipinski definition) is 4. The molecule has 3 saturated heterocycles. The van der Waals surface area contributed by atoms with Gasteiger partial charge in [0, 0.05) is 83.1 Å². The molecule has 0 saturated carbocycles. The Balaban J connectivity index is 1.04. The Morgan fingerprint density at radius 1 is 0.830 bits per heavy atom. The van der Waals surface area contributed by atoms with Crippen LogP contribution in [0.2, 0.25) is 0 Å². The molecular formula is C34H45N7O6. The molecule has 0 spiro atoms. The number of carbonyl (C=O) groups excluding carboxylic acids is 3. The lowest BCUT2D eigenvalue weighted by molar-refractivity contribution is -0.138. The van der Waals surface area contributed by atoms with Crippen molar-refractivity contribution in [1.29, 1.82) is 0 Å². The number of benzene rings is 2. The minimum Gasteiger partial charge on any atom is -0.508 e. The fraction of sp³-hybridized carbons (Fsp3) is 0.529. The molecule has 2 aromatic rings. The van der Waals surface area contributed by atoms with Gasteiger partial charge in [-0.25, -0.2) is 9.59 Å². The van der Waals surface area contributed by atoms with Gasteiger partial charge in [-0.3, -0.25) is 19.4 Å². The lowest BCUT2D eigenvalue weighted by Gasteiger charge is -2.43. The summed E-state index contributed by atoms with van der Waals surface area (Å²) in [6.45, 7) is 5.83. The fourth-order valence-electron chi connectivity index (χ4n) is 7.36. The van der Waals surface area contributed by atoms with E-state index in [1.165, 1.54) is 0 Å². The highest BCUT2D eigenvalue weighted by Gasteiger charge is 2.36. The van der Waals surface area contributed by atoms with Crippen molar-refractivity contribution >= 4 is 29.6 Å². The standard InChI is InChI=1S/C34H45N7O6/c42-28-7-5-24(6-8-28)21-30(32(45)39-13-9-26(10-14-39)38-19-17-37(18-20-38)23-31(43)44)36-33(46)40-15-11-27(12-16-40)41-22-25-3-1-2-4-29(25)35-34(41)47/h1-8,26-27,30,42H,9-23H2,(H,35,47)(H,36,46)(H,43,44)/t30-/m1/s1. The summed E-state index contributed by atoms with van der Waals surface area (Å²) in [6.07, 6.45) is 3.26. The molecule has 0 aromatic heterocycles. The molecule has 252 valence electrons. The molecular weight excluding hydrogens is 602 g/mol.